The molecule has 0 aliphatic rings. The van der Waals surface area contributed by atoms with Gasteiger partial charge in [-0.25, -0.2) is 0 Å². The number of amides is 1. The molecule has 0 bridgehead atoms. The molecule has 0 aliphatic heterocycles. The van der Waals surface area contributed by atoms with E-state index >= 15 is 0 Å². The van der Waals surface area contributed by atoms with Crippen molar-refractivity contribution in [2.75, 3.05) is 6.54 Å². The van der Waals surface area contributed by atoms with Gasteiger partial charge in [-0.3, -0.25) is 14.9 Å². The summed E-state index contributed by atoms with van der Waals surface area (Å²) in [6.07, 6.45) is 1.63. The summed E-state index contributed by atoms with van der Waals surface area (Å²) in [5.41, 5.74) is 1.14. The summed E-state index contributed by atoms with van der Waals surface area (Å²) < 4.78 is 0. The molecule has 0 aromatic heterocycles. The van der Waals surface area contributed by atoms with Gasteiger partial charge in [-0.15, -0.1) is 0 Å². The van der Waals surface area contributed by atoms with Crippen molar-refractivity contribution in [2.24, 2.45) is 0 Å². The average molecular weight is 222 g/mol. The van der Waals surface area contributed by atoms with Crippen LogP contribution in [-0.2, 0) is 11.2 Å². The summed E-state index contributed by atoms with van der Waals surface area (Å²) in [5, 5.41) is 13.1. The predicted molar refractivity (Wildman–Crippen MR) is 60.1 cm³/mol. The van der Waals surface area contributed by atoms with Gasteiger partial charge in [0.15, 0.2) is 0 Å². The van der Waals surface area contributed by atoms with Gasteiger partial charge in [0.05, 0.1) is 4.92 Å². The summed E-state index contributed by atoms with van der Waals surface area (Å²) in [6, 6.07) is 6.47. The van der Waals surface area contributed by atoms with Crippen LogP contribution in [0, 0.1) is 10.1 Å². The van der Waals surface area contributed by atoms with Gasteiger partial charge in [-0.1, -0.05) is 12.1 Å². The lowest BCUT2D eigenvalue weighted by molar-refractivity contribution is -0.384. The van der Waals surface area contributed by atoms with Crippen LogP contribution in [0.5, 0.6) is 0 Å². The molecule has 0 atom stereocenters. The normalized spacial score (nSPS) is 9.81. The highest BCUT2D eigenvalue weighted by molar-refractivity contribution is 5.72. The van der Waals surface area contributed by atoms with Crippen LogP contribution in [0.15, 0.2) is 24.3 Å². The Morgan fingerprint density at radius 1 is 1.38 bits per heavy atom. The third-order valence-corrected chi connectivity index (χ3v) is 2.16. The fraction of sp³-hybridized carbons (Fsp3) is 0.364. The van der Waals surface area contributed by atoms with Crippen LogP contribution in [0.2, 0.25) is 0 Å². The maximum atomic E-state index is 10.6. The van der Waals surface area contributed by atoms with Crippen LogP contribution in [0.1, 0.15) is 18.9 Å². The maximum Gasteiger partial charge on any atom is 0.269 e. The van der Waals surface area contributed by atoms with Crippen molar-refractivity contribution in [1.29, 1.82) is 0 Å². The number of hydrogen-bond acceptors (Lipinski definition) is 3. The monoisotopic (exact) mass is 222 g/mol. The summed E-state index contributed by atoms with van der Waals surface area (Å²) in [5.74, 6) is -0.0382. The molecule has 1 amide bonds. The molecule has 0 radical (unpaired) electrons. The van der Waals surface area contributed by atoms with Gasteiger partial charge in [-0.05, 0) is 18.4 Å². The van der Waals surface area contributed by atoms with E-state index in [9.17, 15) is 14.9 Å². The van der Waals surface area contributed by atoms with Crippen molar-refractivity contribution in [1.82, 2.24) is 5.32 Å². The number of carbonyl (C=O) groups is 1. The van der Waals surface area contributed by atoms with Crippen LogP contribution in [0.3, 0.4) is 0 Å². The third-order valence-electron chi connectivity index (χ3n) is 2.16. The van der Waals surface area contributed by atoms with Crippen molar-refractivity contribution in [3.63, 3.8) is 0 Å². The SMILES string of the molecule is CC(=O)NCCCc1ccc([N+](=O)[O-])cc1. The van der Waals surface area contributed by atoms with Crippen LogP contribution >= 0.6 is 0 Å². The van der Waals surface area contributed by atoms with Gasteiger partial charge >= 0.3 is 0 Å². The number of nitro groups is 1. The Bertz CT molecular complexity index is 373. The molecule has 1 rings (SSSR count). The van der Waals surface area contributed by atoms with Gasteiger partial charge in [0, 0.05) is 25.6 Å². The minimum Gasteiger partial charge on any atom is -0.356 e. The Kier molecular flexibility index (Phi) is 4.44. The highest BCUT2D eigenvalue weighted by Crippen LogP contribution is 2.12. The van der Waals surface area contributed by atoms with Crippen molar-refractivity contribution in [3.8, 4) is 0 Å². The van der Waals surface area contributed by atoms with E-state index < -0.39 is 4.92 Å². The smallest absolute Gasteiger partial charge is 0.269 e. The van der Waals surface area contributed by atoms with Crippen LogP contribution < -0.4 is 5.32 Å². The first-order valence-electron chi connectivity index (χ1n) is 5.07. The number of nitrogens with one attached hydrogen (secondary N) is 1. The number of non-ortho nitro benzene ring substituents is 1. The molecule has 0 fully saturated rings. The molecule has 0 saturated carbocycles. The predicted octanol–water partition coefficient (Wildman–Crippen LogP) is 1.66. The summed E-state index contributed by atoms with van der Waals surface area (Å²) in [6.45, 7) is 2.11. The first-order valence-corrected chi connectivity index (χ1v) is 5.07. The molecule has 0 unspecified atom stereocenters. The van der Waals surface area contributed by atoms with Crippen molar-refractivity contribution in [2.45, 2.75) is 19.8 Å². The first-order chi connectivity index (χ1) is 7.59. The summed E-state index contributed by atoms with van der Waals surface area (Å²) >= 11 is 0. The molecular weight excluding hydrogens is 208 g/mol. The van der Waals surface area contributed by atoms with Gasteiger partial charge in [0.2, 0.25) is 5.91 Å². The van der Waals surface area contributed by atoms with E-state index in [1.807, 2.05) is 0 Å². The fourth-order valence-corrected chi connectivity index (χ4v) is 1.34. The third kappa shape index (κ3) is 4.08. The average Bonchev–Trinajstić information content (AvgIpc) is 2.25. The molecule has 0 aliphatic carbocycles. The Morgan fingerprint density at radius 2 is 2.00 bits per heavy atom. The lowest BCUT2D eigenvalue weighted by atomic mass is 10.1. The second-order valence-corrected chi connectivity index (χ2v) is 3.51. The van der Waals surface area contributed by atoms with E-state index in [1.54, 1.807) is 12.1 Å². The molecule has 16 heavy (non-hydrogen) atoms. The van der Waals surface area contributed by atoms with Crippen LogP contribution in [0.4, 0.5) is 5.69 Å². The molecule has 5 nitrogen and oxygen atoms in total. The lowest BCUT2D eigenvalue weighted by Gasteiger charge is -2.02. The largest absolute Gasteiger partial charge is 0.356 e. The highest BCUT2D eigenvalue weighted by Gasteiger charge is 2.03. The second kappa shape index (κ2) is 5.85. The molecule has 1 aromatic rings. The minimum absolute atomic E-state index is 0.0382. The Hall–Kier alpha value is -1.91. The topological polar surface area (TPSA) is 72.2 Å². The fourth-order valence-electron chi connectivity index (χ4n) is 1.34. The first kappa shape index (κ1) is 12.2. The number of rotatable bonds is 5. The molecule has 86 valence electrons. The number of aryl methyl sites for hydroxylation is 1. The molecule has 0 heterocycles. The quantitative estimate of drug-likeness (QED) is 0.468. The van der Waals surface area contributed by atoms with E-state index in [4.69, 9.17) is 0 Å². The number of carbonyl (C=O) groups excluding carboxylic acids is 1. The van der Waals surface area contributed by atoms with Gasteiger partial charge < -0.3 is 5.32 Å². The van der Waals surface area contributed by atoms with Gasteiger partial charge in [-0.2, -0.15) is 0 Å². The van der Waals surface area contributed by atoms with Crippen molar-refractivity contribution >= 4 is 11.6 Å². The Morgan fingerprint density at radius 3 is 2.50 bits per heavy atom. The lowest BCUT2D eigenvalue weighted by Crippen LogP contribution is -2.21. The van der Waals surface area contributed by atoms with E-state index in [0.29, 0.717) is 6.54 Å². The van der Waals surface area contributed by atoms with Crippen LogP contribution in [0.25, 0.3) is 0 Å². The molecule has 1 N–H and O–H groups in total. The van der Waals surface area contributed by atoms with E-state index in [0.717, 1.165) is 18.4 Å². The van der Waals surface area contributed by atoms with Crippen molar-refractivity contribution < 1.29 is 9.72 Å². The zero-order valence-corrected chi connectivity index (χ0v) is 9.10. The van der Waals surface area contributed by atoms with Crippen molar-refractivity contribution in [3.05, 3.63) is 39.9 Å². The van der Waals surface area contributed by atoms with E-state index in [2.05, 4.69) is 5.32 Å². The standard InChI is InChI=1S/C11H14N2O3/c1-9(14)12-8-2-3-10-4-6-11(7-5-10)13(15)16/h4-7H,2-3,8H2,1H3,(H,12,14). The highest BCUT2D eigenvalue weighted by atomic mass is 16.6. The number of benzene rings is 1. The maximum absolute atomic E-state index is 10.6. The van der Waals surface area contributed by atoms with E-state index in [-0.39, 0.29) is 11.6 Å². The van der Waals surface area contributed by atoms with Gasteiger partial charge in [0.25, 0.3) is 5.69 Å². The molecule has 1 aromatic carbocycles. The minimum atomic E-state index is -0.416. The Balaban J connectivity index is 2.38. The van der Waals surface area contributed by atoms with Crippen LogP contribution in [-0.4, -0.2) is 17.4 Å². The van der Waals surface area contributed by atoms with Gasteiger partial charge in [0.1, 0.15) is 0 Å². The second-order valence-electron chi connectivity index (χ2n) is 3.51. The Labute approximate surface area is 93.6 Å². The van der Waals surface area contributed by atoms with E-state index in [1.165, 1.54) is 19.1 Å². The summed E-state index contributed by atoms with van der Waals surface area (Å²) in [4.78, 5) is 20.6. The molecular formula is C11H14N2O3. The molecule has 0 saturated heterocycles. The zero-order chi connectivity index (χ0) is 12.0. The number of nitrogens with zero attached hydrogens (tertiary/aromatic N) is 1. The zero-order valence-electron chi connectivity index (χ0n) is 9.10. The summed E-state index contributed by atoms with van der Waals surface area (Å²) in [7, 11) is 0. The number of nitro benzene ring substituents is 1. The molecule has 5 heteroatoms. The number of hydrogen-bond donors (Lipinski definition) is 1. The molecule has 0 spiro atoms.